The van der Waals surface area contributed by atoms with Crippen LogP contribution in [0.2, 0.25) is 0 Å². The van der Waals surface area contributed by atoms with Crippen molar-refractivity contribution < 1.29 is 9.32 Å². The van der Waals surface area contributed by atoms with Crippen molar-refractivity contribution in [3.63, 3.8) is 0 Å². The fourth-order valence-electron chi connectivity index (χ4n) is 4.34. The van der Waals surface area contributed by atoms with Crippen molar-refractivity contribution >= 4 is 5.91 Å². The molecule has 0 aromatic carbocycles. The first-order valence-corrected chi connectivity index (χ1v) is 9.94. The molecule has 0 bridgehead atoms. The Morgan fingerprint density at radius 1 is 1.16 bits per heavy atom. The van der Waals surface area contributed by atoms with Crippen LogP contribution >= 0.6 is 0 Å². The minimum absolute atomic E-state index is 0.0857. The zero-order chi connectivity index (χ0) is 17.7. The monoisotopic (exact) mass is 348 g/mol. The summed E-state index contributed by atoms with van der Waals surface area (Å²) in [5.41, 5.74) is -0.330. The molecule has 0 saturated heterocycles. The van der Waals surface area contributed by atoms with E-state index in [1.54, 1.807) is 0 Å². The summed E-state index contributed by atoms with van der Waals surface area (Å²) in [6, 6.07) is 0.320. The largest absolute Gasteiger partial charge is 0.352 e. The second-order valence-corrected chi connectivity index (χ2v) is 7.92. The van der Waals surface area contributed by atoms with E-state index in [0.717, 1.165) is 32.1 Å². The van der Waals surface area contributed by atoms with E-state index in [9.17, 15) is 4.79 Å². The van der Waals surface area contributed by atoms with Gasteiger partial charge in [0.2, 0.25) is 11.8 Å². The maximum atomic E-state index is 12.5. The van der Waals surface area contributed by atoms with Crippen LogP contribution in [0.3, 0.4) is 0 Å². The molecule has 2 aliphatic rings. The molecule has 0 spiro atoms. The summed E-state index contributed by atoms with van der Waals surface area (Å²) in [6.07, 6.45) is 11.4. The van der Waals surface area contributed by atoms with Gasteiger partial charge in [0, 0.05) is 13.0 Å². The van der Waals surface area contributed by atoms with Gasteiger partial charge in [0.15, 0.2) is 5.82 Å². The third kappa shape index (κ3) is 4.60. The number of nitrogens with zero attached hydrogens (tertiary/aromatic N) is 2. The summed E-state index contributed by atoms with van der Waals surface area (Å²) in [5, 5.41) is 10.9. The van der Waals surface area contributed by atoms with Gasteiger partial charge in [0.25, 0.3) is 0 Å². The molecule has 2 fully saturated rings. The first-order chi connectivity index (χ1) is 12.1. The fourth-order valence-corrected chi connectivity index (χ4v) is 4.34. The molecule has 0 unspecified atom stereocenters. The van der Waals surface area contributed by atoms with Gasteiger partial charge in [-0.2, -0.15) is 4.98 Å². The van der Waals surface area contributed by atoms with Crippen LogP contribution in [-0.2, 0) is 10.3 Å². The number of hydrogen-bond acceptors (Lipinski definition) is 5. The average molecular weight is 348 g/mol. The van der Waals surface area contributed by atoms with E-state index in [2.05, 4.69) is 27.7 Å². The Bertz CT molecular complexity index is 564. The van der Waals surface area contributed by atoms with Crippen molar-refractivity contribution in [1.29, 1.82) is 0 Å². The quantitative estimate of drug-likeness (QED) is 0.799. The van der Waals surface area contributed by atoms with E-state index in [0.29, 0.717) is 30.2 Å². The molecule has 6 nitrogen and oxygen atoms in total. The molecule has 1 heterocycles. The Hall–Kier alpha value is -1.43. The van der Waals surface area contributed by atoms with Gasteiger partial charge in [0.1, 0.15) is 0 Å². The molecule has 1 aromatic rings. The predicted octanol–water partition coefficient (Wildman–Crippen LogP) is 3.21. The Kier molecular flexibility index (Phi) is 6.10. The summed E-state index contributed by atoms with van der Waals surface area (Å²) in [6.45, 7) is 4.38. The molecule has 1 aromatic heterocycles. The molecule has 2 aliphatic carbocycles. The number of aromatic nitrogens is 2. The minimum Gasteiger partial charge on any atom is -0.352 e. The normalized spacial score (nSPS) is 26.8. The van der Waals surface area contributed by atoms with Gasteiger partial charge in [0.05, 0.1) is 12.1 Å². The standard InChI is InChI=1S/C19H32N4O2/c1-14-9-5-6-10-16(14)22-17(24)13-20-19(11-7-3-4-8-12-19)18-21-15(2)25-23-18/h14,16,20H,3-13H2,1-2H3,(H,22,24)/t14-,16+/m1/s1. The topological polar surface area (TPSA) is 80.0 Å². The minimum atomic E-state index is -0.330. The number of amides is 1. The highest BCUT2D eigenvalue weighted by Gasteiger charge is 2.37. The Labute approximate surface area is 150 Å². The fraction of sp³-hybridized carbons (Fsp3) is 0.842. The Morgan fingerprint density at radius 2 is 1.88 bits per heavy atom. The summed E-state index contributed by atoms with van der Waals surface area (Å²) >= 11 is 0. The number of aryl methyl sites for hydroxylation is 1. The lowest BCUT2D eigenvalue weighted by Gasteiger charge is -2.32. The Morgan fingerprint density at radius 3 is 2.52 bits per heavy atom. The lowest BCUT2D eigenvalue weighted by atomic mass is 9.86. The molecule has 2 saturated carbocycles. The van der Waals surface area contributed by atoms with Crippen molar-refractivity contribution in [2.24, 2.45) is 5.92 Å². The average Bonchev–Trinajstić information content (AvgIpc) is 2.90. The highest BCUT2D eigenvalue weighted by atomic mass is 16.5. The molecule has 0 radical (unpaired) electrons. The van der Waals surface area contributed by atoms with E-state index in [1.807, 2.05) is 6.92 Å². The molecular formula is C19H32N4O2. The predicted molar refractivity (Wildman–Crippen MR) is 96.0 cm³/mol. The maximum absolute atomic E-state index is 12.5. The maximum Gasteiger partial charge on any atom is 0.234 e. The summed E-state index contributed by atoms with van der Waals surface area (Å²) in [4.78, 5) is 17.0. The Balaban J connectivity index is 1.63. The van der Waals surface area contributed by atoms with E-state index in [4.69, 9.17) is 4.52 Å². The van der Waals surface area contributed by atoms with Gasteiger partial charge < -0.3 is 9.84 Å². The molecular weight excluding hydrogens is 316 g/mol. The van der Waals surface area contributed by atoms with Crippen LogP contribution in [0.15, 0.2) is 4.52 Å². The van der Waals surface area contributed by atoms with Crippen LogP contribution < -0.4 is 10.6 Å². The summed E-state index contributed by atoms with van der Waals surface area (Å²) in [5.74, 6) is 1.96. The van der Waals surface area contributed by atoms with Crippen LogP contribution in [0.1, 0.15) is 82.8 Å². The van der Waals surface area contributed by atoms with Crippen LogP contribution in [0.25, 0.3) is 0 Å². The smallest absolute Gasteiger partial charge is 0.234 e. The van der Waals surface area contributed by atoms with Crippen molar-refractivity contribution in [3.05, 3.63) is 11.7 Å². The number of hydrogen-bond donors (Lipinski definition) is 2. The second-order valence-electron chi connectivity index (χ2n) is 7.92. The first-order valence-electron chi connectivity index (χ1n) is 9.94. The van der Waals surface area contributed by atoms with Crippen molar-refractivity contribution in [2.75, 3.05) is 6.54 Å². The van der Waals surface area contributed by atoms with Crippen molar-refractivity contribution in [2.45, 2.75) is 89.6 Å². The first kappa shape index (κ1) is 18.4. The molecule has 3 rings (SSSR count). The molecule has 2 atom stereocenters. The third-order valence-electron chi connectivity index (χ3n) is 5.96. The van der Waals surface area contributed by atoms with E-state index >= 15 is 0 Å². The van der Waals surface area contributed by atoms with Crippen LogP contribution in [0.5, 0.6) is 0 Å². The zero-order valence-corrected chi connectivity index (χ0v) is 15.6. The molecule has 140 valence electrons. The van der Waals surface area contributed by atoms with Gasteiger partial charge in [-0.3, -0.25) is 10.1 Å². The van der Waals surface area contributed by atoms with E-state index in [1.165, 1.54) is 32.1 Å². The van der Waals surface area contributed by atoms with Crippen LogP contribution in [0, 0.1) is 12.8 Å². The van der Waals surface area contributed by atoms with Crippen molar-refractivity contribution in [3.8, 4) is 0 Å². The lowest BCUT2D eigenvalue weighted by molar-refractivity contribution is -0.122. The second kappa shape index (κ2) is 8.30. The highest BCUT2D eigenvalue weighted by Crippen LogP contribution is 2.34. The molecule has 2 N–H and O–H groups in total. The molecule has 25 heavy (non-hydrogen) atoms. The SMILES string of the molecule is Cc1nc(C2(NCC(=O)N[C@H]3CCCC[C@H]3C)CCCCCC2)no1. The van der Waals surface area contributed by atoms with Gasteiger partial charge in [-0.1, -0.05) is 50.6 Å². The van der Waals surface area contributed by atoms with Crippen LogP contribution in [-0.4, -0.2) is 28.6 Å². The van der Waals surface area contributed by atoms with Gasteiger partial charge in [-0.05, 0) is 31.6 Å². The van der Waals surface area contributed by atoms with Gasteiger partial charge in [-0.25, -0.2) is 0 Å². The van der Waals surface area contributed by atoms with Crippen LogP contribution in [0.4, 0.5) is 0 Å². The number of nitrogens with one attached hydrogen (secondary N) is 2. The number of carbonyl (C=O) groups is 1. The third-order valence-corrected chi connectivity index (χ3v) is 5.96. The summed E-state index contributed by atoms with van der Waals surface area (Å²) < 4.78 is 5.22. The van der Waals surface area contributed by atoms with Gasteiger partial charge in [-0.15, -0.1) is 0 Å². The highest BCUT2D eigenvalue weighted by molar-refractivity contribution is 5.78. The van der Waals surface area contributed by atoms with E-state index < -0.39 is 0 Å². The summed E-state index contributed by atoms with van der Waals surface area (Å²) in [7, 11) is 0. The van der Waals surface area contributed by atoms with Crippen molar-refractivity contribution in [1.82, 2.24) is 20.8 Å². The van der Waals surface area contributed by atoms with Gasteiger partial charge >= 0.3 is 0 Å². The lowest BCUT2D eigenvalue weighted by Crippen LogP contribution is -2.50. The number of carbonyl (C=O) groups excluding carboxylic acids is 1. The van der Waals surface area contributed by atoms with E-state index in [-0.39, 0.29) is 11.4 Å². The number of rotatable bonds is 5. The molecule has 6 heteroatoms. The molecule has 1 amide bonds. The zero-order valence-electron chi connectivity index (χ0n) is 15.6. The molecule has 0 aliphatic heterocycles.